The molecule has 0 heterocycles. The van der Waals surface area contributed by atoms with Crippen molar-refractivity contribution in [2.24, 2.45) is 11.8 Å². The zero-order chi connectivity index (χ0) is 15.2. The van der Waals surface area contributed by atoms with Crippen LogP contribution in [-0.4, -0.2) is 0 Å². The van der Waals surface area contributed by atoms with Crippen LogP contribution in [0.5, 0.6) is 0 Å². The summed E-state index contributed by atoms with van der Waals surface area (Å²) in [6.45, 7) is 9.47. The maximum Gasteiger partial charge on any atom is -1.00 e. The van der Waals surface area contributed by atoms with Crippen LogP contribution in [0.1, 0.15) is 66.2 Å². The average Bonchev–Trinajstić information content (AvgIpc) is 3.09. The summed E-state index contributed by atoms with van der Waals surface area (Å²) in [4.78, 5) is 0. The summed E-state index contributed by atoms with van der Waals surface area (Å²) in [6.07, 6.45) is 17.5. The number of hydrogen-bond acceptors (Lipinski definition) is 0. The fourth-order valence-corrected chi connectivity index (χ4v) is 7.88. The van der Waals surface area contributed by atoms with Crippen LogP contribution in [0.15, 0.2) is 42.0 Å². The van der Waals surface area contributed by atoms with Gasteiger partial charge in [-0.1, -0.05) is 0 Å². The minimum atomic E-state index is -0.537. The molecule has 0 aromatic heterocycles. The smallest absolute Gasteiger partial charge is 1.00 e. The molecular weight excluding hydrogens is 491 g/mol. The van der Waals surface area contributed by atoms with Gasteiger partial charge in [-0.15, -0.1) is 0 Å². The normalized spacial score (nSPS) is 18.6. The minimum Gasteiger partial charge on any atom is -1.00 e. The second-order valence-electron chi connectivity index (χ2n) is 6.59. The van der Waals surface area contributed by atoms with Gasteiger partial charge in [0.2, 0.25) is 0 Å². The first kappa shape index (κ1) is 23.8. The average molecular weight is 521 g/mol. The quantitative estimate of drug-likeness (QED) is 0.434. The Morgan fingerprint density at radius 1 is 0.826 bits per heavy atom. The fourth-order valence-electron chi connectivity index (χ4n) is 3.57. The van der Waals surface area contributed by atoms with Crippen LogP contribution in [0.4, 0.5) is 0 Å². The zero-order valence-corrected chi connectivity index (χ0v) is 20.6. The van der Waals surface area contributed by atoms with E-state index in [4.69, 9.17) is 0 Å². The van der Waals surface area contributed by atoms with Crippen LogP contribution in [0, 0.1) is 11.8 Å². The van der Waals surface area contributed by atoms with Gasteiger partial charge in [-0.05, 0) is 0 Å². The summed E-state index contributed by atoms with van der Waals surface area (Å²) < 4.78 is 3.72. The second kappa shape index (κ2) is 12.2. The van der Waals surface area contributed by atoms with Crippen LogP contribution in [0.3, 0.4) is 0 Å². The van der Waals surface area contributed by atoms with Gasteiger partial charge >= 0.3 is 143 Å². The van der Waals surface area contributed by atoms with E-state index in [1.165, 1.54) is 38.5 Å². The van der Waals surface area contributed by atoms with Crippen molar-refractivity contribution in [2.45, 2.75) is 66.2 Å². The molecule has 0 bridgehead atoms. The van der Waals surface area contributed by atoms with E-state index in [2.05, 4.69) is 52.0 Å². The molecule has 0 saturated carbocycles. The van der Waals surface area contributed by atoms with E-state index in [9.17, 15) is 0 Å². The van der Waals surface area contributed by atoms with E-state index in [0.29, 0.717) is 0 Å². The SMILES string of the molecule is CCCC(C)C1=[C]([Zr+2][C]2=C(C(C)CCC)C=CC2)CC=C1.[Br-].[Br-]. The van der Waals surface area contributed by atoms with Gasteiger partial charge in [0, 0.05) is 0 Å². The van der Waals surface area contributed by atoms with Gasteiger partial charge in [0.15, 0.2) is 0 Å². The van der Waals surface area contributed by atoms with Crippen LogP contribution in [-0.2, 0) is 23.2 Å². The number of rotatable bonds is 8. The fraction of sp³-hybridized carbons (Fsp3) is 0.600. The third-order valence-corrected chi connectivity index (χ3v) is 8.65. The van der Waals surface area contributed by atoms with Gasteiger partial charge < -0.3 is 34.0 Å². The third kappa shape index (κ3) is 6.55. The van der Waals surface area contributed by atoms with Gasteiger partial charge in [0.1, 0.15) is 0 Å². The van der Waals surface area contributed by atoms with Gasteiger partial charge in [0.05, 0.1) is 0 Å². The molecule has 0 nitrogen and oxygen atoms in total. The van der Waals surface area contributed by atoms with Crippen molar-refractivity contribution in [1.29, 1.82) is 0 Å². The summed E-state index contributed by atoms with van der Waals surface area (Å²) in [5, 5.41) is 0. The van der Waals surface area contributed by atoms with E-state index in [1.807, 2.05) is 6.56 Å². The summed E-state index contributed by atoms with van der Waals surface area (Å²) in [6, 6.07) is 0. The molecule has 0 spiro atoms. The van der Waals surface area contributed by atoms with E-state index < -0.39 is 23.2 Å². The number of hydrogen-bond donors (Lipinski definition) is 0. The molecule has 2 aliphatic carbocycles. The van der Waals surface area contributed by atoms with E-state index in [1.54, 1.807) is 11.1 Å². The molecule has 0 saturated heterocycles. The van der Waals surface area contributed by atoms with E-state index in [0.717, 1.165) is 11.8 Å². The van der Waals surface area contributed by atoms with Crippen molar-refractivity contribution >= 4 is 0 Å². The summed E-state index contributed by atoms with van der Waals surface area (Å²) in [5.74, 6) is 1.55. The first-order chi connectivity index (χ1) is 10.2. The molecule has 2 rings (SSSR count). The third-order valence-electron chi connectivity index (χ3n) is 4.74. The van der Waals surface area contributed by atoms with Crippen molar-refractivity contribution in [3.05, 3.63) is 42.0 Å². The predicted octanol–water partition coefficient (Wildman–Crippen LogP) is 0.377. The Labute approximate surface area is 176 Å². The molecule has 2 unspecified atom stereocenters. The molecule has 0 N–H and O–H groups in total. The first-order valence-electron chi connectivity index (χ1n) is 8.73. The summed E-state index contributed by atoms with van der Waals surface area (Å²) in [7, 11) is 0. The van der Waals surface area contributed by atoms with Crippen LogP contribution < -0.4 is 34.0 Å². The molecule has 0 fully saturated rings. The maximum absolute atomic E-state index is 2.44. The topological polar surface area (TPSA) is 0 Å². The molecule has 23 heavy (non-hydrogen) atoms. The molecule has 2 atom stereocenters. The number of allylic oxidation sites excluding steroid dienone is 8. The Bertz CT molecular complexity index is 442. The van der Waals surface area contributed by atoms with Crippen molar-refractivity contribution < 1.29 is 57.2 Å². The maximum atomic E-state index is 2.44. The standard InChI is InChI=1S/2C10H15.2BrH.Zr/c2*1-3-6-9(2)10-7-4-5-8-10;;;/h2*4,7,9H,3,5-6H2,1-2H3;2*1H;/q;;;;+2/p-2. The molecule has 0 radical (unpaired) electrons. The van der Waals surface area contributed by atoms with Crippen LogP contribution in [0.25, 0.3) is 0 Å². The molecule has 0 amide bonds. The number of halogens is 2. The molecule has 128 valence electrons. The zero-order valence-electron chi connectivity index (χ0n) is 15.0. The van der Waals surface area contributed by atoms with Crippen molar-refractivity contribution in [2.75, 3.05) is 0 Å². The second-order valence-corrected chi connectivity index (χ2v) is 10.2. The van der Waals surface area contributed by atoms with Gasteiger partial charge in [0.25, 0.3) is 0 Å². The molecule has 0 aliphatic heterocycles. The van der Waals surface area contributed by atoms with Gasteiger partial charge in [-0.25, -0.2) is 0 Å². The molecule has 0 aromatic carbocycles. The Kier molecular flexibility index (Phi) is 12.6. The van der Waals surface area contributed by atoms with E-state index in [-0.39, 0.29) is 34.0 Å². The van der Waals surface area contributed by atoms with Crippen LogP contribution >= 0.6 is 0 Å². The van der Waals surface area contributed by atoms with E-state index >= 15 is 0 Å². The molecule has 2 aliphatic rings. The van der Waals surface area contributed by atoms with Crippen molar-refractivity contribution in [3.63, 3.8) is 0 Å². The van der Waals surface area contributed by atoms with Crippen molar-refractivity contribution in [3.8, 4) is 0 Å². The van der Waals surface area contributed by atoms with Gasteiger partial charge in [-0.3, -0.25) is 0 Å². The summed E-state index contributed by atoms with van der Waals surface area (Å²) >= 11 is -0.537. The summed E-state index contributed by atoms with van der Waals surface area (Å²) in [5.41, 5.74) is 3.43. The largest absolute Gasteiger partial charge is 1.00 e. The first-order valence-corrected chi connectivity index (χ1v) is 11.2. The molecule has 0 aromatic rings. The molecule has 3 heteroatoms. The van der Waals surface area contributed by atoms with Crippen LogP contribution in [0.2, 0.25) is 0 Å². The van der Waals surface area contributed by atoms with Crippen molar-refractivity contribution in [1.82, 2.24) is 0 Å². The molecular formula is C20H30Br2Zr. The Balaban J connectivity index is 0.00000242. The minimum absolute atomic E-state index is 0. The van der Waals surface area contributed by atoms with Gasteiger partial charge in [-0.2, -0.15) is 0 Å². The monoisotopic (exact) mass is 518 g/mol. The Morgan fingerprint density at radius 2 is 1.22 bits per heavy atom. The Hall–Kier alpha value is 0.803. The Morgan fingerprint density at radius 3 is 1.57 bits per heavy atom. The predicted molar refractivity (Wildman–Crippen MR) is 89.7 cm³/mol.